The van der Waals surface area contributed by atoms with Gasteiger partial charge in [0, 0.05) is 43.4 Å². The number of hydrogen-bond acceptors (Lipinski definition) is 4. The number of aldehydes is 1. The Balaban J connectivity index is 1.77. The van der Waals surface area contributed by atoms with Crippen molar-refractivity contribution in [2.45, 2.75) is 47.0 Å². The molecule has 3 aromatic rings. The summed E-state index contributed by atoms with van der Waals surface area (Å²) in [6, 6.07) is 19.1. The molecule has 0 fully saturated rings. The lowest BCUT2D eigenvalue weighted by atomic mass is 9.82. The highest BCUT2D eigenvalue weighted by molar-refractivity contribution is 7.16. The topological polar surface area (TPSA) is 44.2 Å². The summed E-state index contributed by atoms with van der Waals surface area (Å²) in [7, 11) is 0. The first-order valence-corrected chi connectivity index (χ1v) is 13.0. The minimum Gasteiger partial charge on any atom is -0.311 e. The number of nitrogens with one attached hydrogen (secondary N) is 1. The van der Waals surface area contributed by atoms with Crippen LogP contribution in [0.2, 0.25) is 0 Å². The van der Waals surface area contributed by atoms with Crippen LogP contribution in [-0.2, 0) is 10.2 Å². The zero-order chi connectivity index (χ0) is 26.3. The van der Waals surface area contributed by atoms with E-state index in [1.807, 2.05) is 64.1 Å². The fraction of sp³-hybridized carbons (Fsp3) is 0.250. The summed E-state index contributed by atoms with van der Waals surface area (Å²) in [4.78, 5) is 15.7. The van der Waals surface area contributed by atoms with Crippen molar-refractivity contribution < 1.29 is 4.79 Å². The molecule has 1 aliphatic carbocycles. The van der Waals surface area contributed by atoms with E-state index in [1.165, 1.54) is 21.6 Å². The van der Waals surface area contributed by atoms with Crippen molar-refractivity contribution in [3.8, 4) is 10.4 Å². The molecule has 0 unspecified atom stereocenters. The monoisotopic (exact) mass is 494 g/mol. The van der Waals surface area contributed by atoms with E-state index in [2.05, 4.69) is 61.7 Å². The average Bonchev–Trinajstić information content (AvgIpc) is 3.34. The van der Waals surface area contributed by atoms with E-state index >= 15 is 0 Å². The van der Waals surface area contributed by atoms with Gasteiger partial charge in [-0.3, -0.25) is 4.79 Å². The molecular weight excluding hydrogens is 460 g/mol. The normalized spacial score (nSPS) is 14.4. The molecule has 0 saturated carbocycles. The third-order valence-electron chi connectivity index (χ3n) is 6.71. The van der Waals surface area contributed by atoms with Crippen molar-refractivity contribution in [2.24, 2.45) is 5.41 Å². The van der Waals surface area contributed by atoms with Crippen LogP contribution >= 0.6 is 11.3 Å². The minimum absolute atomic E-state index is 0.160. The summed E-state index contributed by atoms with van der Waals surface area (Å²) in [5.41, 5.74) is 7.60. The molecule has 1 aromatic heterocycles. The van der Waals surface area contributed by atoms with E-state index in [-0.39, 0.29) is 10.8 Å². The predicted octanol–water partition coefficient (Wildman–Crippen LogP) is 8.93. The summed E-state index contributed by atoms with van der Waals surface area (Å²) < 4.78 is 0. The molecule has 0 spiro atoms. The molecule has 0 radical (unpaired) electrons. The minimum atomic E-state index is -0.221. The smallest absolute Gasteiger partial charge is 0.145 e. The van der Waals surface area contributed by atoms with E-state index in [0.717, 1.165) is 33.8 Å². The first-order valence-electron chi connectivity index (χ1n) is 12.2. The molecular formula is C32H34N2OS. The Bertz CT molecular complexity index is 1400. The van der Waals surface area contributed by atoms with Crippen molar-refractivity contribution in [3.05, 3.63) is 101 Å². The molecule has 1 N–H and O–H groups in total. The van der Waals surface area contributed by atoms with Crippen molar-refractivity contribution in [1.82, 2.24) is 0 Å². The summed E-state index contributed by atoms with van der Waals surface area (Å²) >= 11 is 1.74. The second-order valence-electron chi connectivity index (χ2n) is 10.9. The van der Waals surface area contributed by atoms with Gasteiger partial charge >= 0.3 is 0 Å². The van der Waals surface area contributed by atoms with Gasteiger partial charge in [0.15, 0.2) is 0 Å². The van der Waals surface area contributed by atoms with Gasteiger partial charge in [0.1, 0.15) is 6.29 Å². The molecule has 4 rings (SSSR count). The molecule has 3 nitrogen and oxygen atoms in total. The van der Waals surface area contributed by atoms with Crippen LogP contribution in [0.15, 0.2) is 84.6 Å². The highest BCUT2D eigenvalue weighted by Crippen LogP contribution is 2.53. The van der Waals surface area contributed by atoms with Crippen LogP contribution in [0.4, 0.5) is 11.4 Å². The fourth-order valence-electron chi connectivity index (χ4n) is 4.50. The third kappa shape index (κ3) is 4.78. The van der Waals surface area contributed by atoms with Gasteiger partial charge in [0.25, 0.3) is 0 Å². The van der Waals surface area contributed by atoms with E-state index in [4.69, 9.17) is 5.41 Å². The van der Waals surface area contributed by atoms with Crippen LogP contribution < -0.4 is 4.90 Å². The first kappa shape index (κ1) is 25.6. The van der Waals surface area contributed by atoms with Crippen molar-refractivity contribution in [3.63, 3.8) is 0 Å². The van der Waals surface area contributed by atoms with Gasteiger partial charge < -0.3 is 10.3 Å². The first-order chi connectivity index (χ1) is 16.9. The van der Waals surface area contributed by atoms with Crippen molar-refractivity contribution in [2.75, 3.05) is 4.90 Å². The molecule has 0 atom stereocenters. The Morgan fingerprint density at radius 1 is 1.00 bits per heavy atom. The number of para-hydroxylation sites is 1. The fourth-order valence-corrected chi connectivity index (χ4v) is 5.87. The Kier molecular flexibility index (Phi) is 6.76. The molecule has 4 heteroatoms. The Morgan fingerprint density at radius 3 is 2.33 bits per heavy atom. The van der Waals surface area contributed by atoms with Crippen molar-refractivity contribution >= 4 is 40.8 Å². The molecule has 2 aromatic carbocycles. The van der Waals surface area contributed by atoms with E-state index in [1.54, 1.807) is 11.3 Å². The van der Waals surface area contributed by atoms with Crippen LogP contribution in [-0.4, -0.2) is 12.0 Å². The molecule has 36 heavy (non-hydrogen) atoms. The van der Waals surface area contributed by atoms with Crippen molar-refractivity contribution in [1.29, 1.82) is 5.41 Å². The van der Waals surface area contributed by atoms with Gasteiger partial charge in [0.05, 0.1) is 0 Å². The zero-order valence-corrected chi connectivity index (χ0v) is 22.8. The van der Waals surface area contributed by atoms with Gasteiger partial charge in [-0.1, -0.05) is 65.5 Å². The van der Waals surface area contributed by atoms with Gasteiger partial charge in [-0.05, 0) is 77.7 Å². The average molecular weight is 495 g/mol. The highest BCUT2D eigenvalue weighted by Gasteiger charge is 2.37. The number of allylic oxidation sites excluding steroid dienone is 3. The van der Waals surface area contributed by atoms with E-state index in [0.29, 0.717) is 5.71 Å². The summed E-state index contributed by atoms with van der Waals surface area (Å²) in [6.07, 6.45) is 6.65. The maximum atomic E-state index is 11.1. The lowest BCUT2D eigenvalue weighted by Crippen LogP contribution is -2.19. The van der Waals surface area contributed by atoms with Gasteiger partial charge in [-0.2, -0.15) is 0 Å². The molecule has 0 amide bonds. The SMILES string of the molecule is C=C(/C=C\C(=N)C(C)(C)C)N(c1ccccc1)c1ccc2c(c1)C(C)(C)c1cc(/C=C(/C)C=O)sc1-2. The second kappa shape index (κ2) is 9.51. The van der Waals surface area contributed by atoms with Gasteiger partial charge in [-0.15, -0.1) is 11.3 Å². The maximum Gasteiger partial charge on any atom is 0.145 e. The van der Waals surface area contributed by atoms with Crippen LogP contribution in [0.3, 0.4) is 0 Å². The molecule has 0 saturated heterocycles. The van der Waals surface area contributed by atoms with Gasteiger partial charge in [-0.25, -0.2) is 0 Å². The Morgan fingerprint density at radius 2 is 1.69 bits per heavy atom. The predicted molar refractivity (Wildman–Crippen MR) is 156 cm³/mol. The number of hydrogen-bond donors (Lipinski definition) is 1. The molecule has 0 aliphatic heterocycles. The number of nitrogens with zero attached hydrogens (tertiary/aromatic N) is 1. The number of thiophene rings is 1. The highest BCUT2D eigenvalue weighted by atomic mass is 32.1. The summed E-state index contributed by atoms with van der Waals surface area (Å²) in [5, 5.41) is 8.40. The molecule has 0 bridgehead atoms. The van der Waals surface area contributed by atoms with Crippen LogP contribution in [0.1, 0.15) is 57.5 Å². The van der Waals surface area contributed by atoms with E-state index in [9.17, 15) is 4.79 Å². The lowest BCUT2D eigenvalue weighted by Gasteiger charge is -2.28. The quantitative estimate of drug-likeness (QED) is 0.154. The molecule has 1 aliphatic rings. The number of benzene rings is 2. The number of carbonyl (C=O) groups is 1. The van der Waals surface area contributed by atoms with Crippen LogP contribution in [0.5, 0.6) is 0 Å². The molecule has 1 heterocycles. The summed E-state index contributed by atoms with van der Waals surface area (Å²) in [5.74, 6) is 0. The van der Waals surface area contributed by atoms with E-state index < -0.39 is 0 Å². The zero-order valence-electron chi connectivity index (χ0n) is 22.0. The number of rotatable bonds is 7. The Labute approximate surface area is 219 Å². The molecule has 184 valence electrons. The summed E-state index contributed by atoms with van der Waals surface area (Å²) in [6.45, 7) is 16.9. The lowest BCUT2D eigenvalue weighted by molar-refractivity contribution is -0.104. The second-order valence-corrected chi connectivity index (χ2v) is 12.0. The number of carbonyl (C=O) groups excluding carboxylic acids is 1. The van der Waals surface area contributed by atoms with Gasteiger partial charge in [0.2, 0.25) is 0 Å². The van der Waals surface area contributed by atoms with Crippen LogP contribution in [0, 0.1) is 10.8 Å². The third-order valence-corrected chi connectivity index (χ3v) is 7.83. The maximum absolute atomic E-state index is 11.1. The number of fused-ring (bicyclic) bond motifs is 3. The largest absolute Gasteiger partial charge is 0.311 e. The number of anilines is 2. The Hall–Kier alpha value is -3.50. The standard InChI is InChI=1S/C32H34N2OS/c1-21(20-35)17-25-19-28-30(36-25)26-15-14-24(18-27(26)32(28,6)7)34(23-11-9-8-10-12-23)22(2)13-16-29(33)31(3,4)5/h8-20,33H,2H2,1,3-7H3/b16-13-,21-17-,33-29?. The van der Waals surface area contributed by atoms with Crippen LogP contribution in [0.25, 0.3) is 16.5 Å².